The van der Waals surface area contributed by atoms with Gasteiger partial charge in [0.2, 0.25) is 5.91 Å². The summed E-state index contributed by atoms with van der Waals surface area (Å²) in [5.41, 5.74) is -0.866. The van der Waals surface area contributed by atoms with Crippen molar-refractivity contribution in [1.82, 2.24) is 10.2 Å². The molecule has 116 valence electrons. The Kier molecular flexibility index (Phi) is 5.99. The van der Waals surface area contributed by atoms with Crippen LogP contribution in [0, 0.1) is 5.92 Å². The molecule has 2 unspecified atom stereocenters. The minimum absolute atomic E-state index is 0.0633. The summed E-state index contributed by atoms with van der Waals surface area (Å²) < 4.78 is 0. The van der Waals surface area contributed by atoms with Gasteiger partial charge in [-0.15, -0.1) is 0 Å². The molecule has 0 aromatic heterocycles. The number of aliphatic carboxylic acids is 1. The van der Waals surface area contributed by atoms with Crippen LogP contribution >= 0.6 is 0 Å². The largest absolute Gasteiger partial charge is 0.480 e. The lowest BCUT2D eigenvalue weighted by Crippen LogP contribution is -2.57. The minimum atomic E-state index is -0.866. The van der Waals surface area contributed by atoms with Crippen molar-refractivity contribution >= 4 is 11.9 Å². The van der Waals surface area contributed by atoms with E-state index in [-0.39, 0.29) is 11.9 Å². The lowest BCUT2D eigenvalue weighted by Gasteiger charge is -2.37. The summed E-state index contributed by atoms with van der Waals surface area (Å²) in [7, 11) is 0. The average molecular weight is 284 g/mol. The number of carbonyl (C=O) groups excluding carboxylic acids is 1. The maximum absolute atomic E-state index is 12.2. The van der Waals surface area contributed by atoms with Gasteiger partial charge in [0.1, 0.15) is 5.54 Å². The van der Waals surface area contributed by atoms with Crippen molar-refractivity contribution in [3.8, 4) is 0 Å². The fraction of sp³-hybridized carbons (Fsp3) is 0.867. The van der Waals surface area contributed by atoms with E-state index >= 15 is 0 Å². The van der Waals surface area contributed by atoms with E-state index in [0.717, 1.165) is 12.8 Å². The van der Waals surface area contributed by atoms with Crippen LogP contribution in [0.3, 0.4) is 0 Å². The molecule has 1 rings (SSSR count). The number of amides is 1. The lowest BCUT2D eigenvalue weighted by atomic mass is 9.92. The number of likely N-dealkylation sites (tertiary alicyclic amines) is 1. The first-order valence-corrected chi connectivity index (χ1v) is 7.63. The number of nitrogens with zero attached hydrogens (tertiary/aromatic N) is 1. The molecule has 1 amide bonds. The molecule has 2 N–H and O–H groups in total. The first kappa shape index (κ1) is 17.0. The van der Waals surface area contributed by atoms with E-state index in [9.17, 15) is 14.7 Å². The van der Waals surface area contributed by atoms with Crippen molar-refractivity contribution in [2.45, 2.75) is 65.0 Å². The second-order valence-electron chi connectivity index (χ2n) is 6.14. The van der Waals surface area contributed by atoms with Crippen LogP contribution in [0.5, 0.6) is 0 Å². The van der Waals surface area contributed by atoms with Gasteiger partial charge in [-0.3, -0.25) is 14.5 Å². The zero-order chi connectivity index (χ0) is 15.3. The molecule has 0 aromatic rings. The van der Waals surface area contributed by atoms with Gasteiger partial charge in [-0.1, -0.05) is 20.8 Å². The third kappa shape index (κ3) is 3.51. The monoisotopic (exact) mass is 284 g/mol. The molecule has 0 bridgehead atoms. The molecule has 1 aliphatic heterocycles. The standard InChI is InChI=1S/C15H28N2O3/c1-5-15(14(19)20)8-6-10-17(15)12(4)13(18)16-9-7-11(2)3/h11-12H,5-10H2,1-4H3,(H,16,18)(H,19,20). The molecule has 0 saturated carbocycles. The zero-order valence-electron chi connectivity index (χ0n) is 13.1. The maximum atomic E-state index is 12.2. The molecule has 20 heavy (non-hydrogen) atoms. The van der Waals surface area contributed by atoms with Crippen LogP contribution in [-0.2, 0) is 9.59 Å². The summed E-state index contributed by atoms with van der Waals surface area (Å²) in [4.78, 5) is 25.7. The first-order chi connectivity index (χ1) is 9.35. The van der Waals surface area contributed by atoms with Crippen LogP contribution in [0.25, 0.3) is 0 Å². The molecule has 1 fully saturated rings. The molecule has 5 nitrogen and oxygen atoms in total. The maximum Gasteiger partial charge on any atom is 0.324 e. The number of rotatable bonds is 7. The minimum Gasteiger partial charge on any atom is -0.480 e. The van der Waals surface area contributed by atoms with Crippen molar-refractivity contribution in [1.29, 1.82) is 0 Å². The van der Waals surface area contributed by atoms with Crippen LogP contribution in [0.2, 0.25) is 0 Å². The number of hydrogen-bond donors (Lipinski definition) is 2. The predicted octanol–water partition coefficient (Wildman–Crippen LogP) is 1.87. The number of nitrogens with one attached hydrogen (secondary N) is 1. The highest BCUT2D eigenvalue weighted by atomic mass is 16.4. The Morgan fingerprint density at radius 3 is 2.50 bits per heavy atom. The summed E-state index contributed by atoms with van der Waals surface area (Å²) >= 11 is 0. The molecule has 1 heterocycles. The zero-order valence-corrected chi connectivity index (χ0v) is 13.1. The van der Waals surface area contributed by atoms with Crippen molar-refractivity contribution in [3.05, 3.63) is 0 Å². The van der Waals surface area contributed by atoms with Gasteiger partial charge < -0.3 is 10.4 Å². The van der Waals surface area contributed by atoms with Gasteiger partial charge in [-0.2, -0.15) is 0 Å². The number of carboxylic acids is 1. The molecule has 0 aromatic carbocycles. The van der Waals surface area contributed by atoms with E-state index in [2.05, 4.69) is 19.2 Å². The van der Waals surface area contributed by atoms with Gasteiger partial charge in [-0.25, -0.2) is 0 Å². The van der Waals surface area contributed by atoms with Gasteiger partial charge in [0.15, 0.2) is 0 Å². The third-order valence-electron chi connectivity index (χ3n) is 4.39. The van der Waals surface area contributed by atoms with Gasteiger partial charge in [0.25, 0.3) is 0 Å². The summed E-state index contributed by atoms with van der Waals surface area (Å²) in [6.45, 7) is 9.25. The highest BCUT2D eigenvalue weighted by Gasteiger charge is 2.49. The van der Waals surface area contributed by atoms with Gasteiger partial charge >= 0.3 is 5.97 Å². The number of carbonyl (C=O) groups is 2. The summed E-state index contributed by atoms with van der Waals surface area (Å²) in [5, 5.41) is 12.5. The van der Waals surface area contributed by atoms with Crippen LogP contribution in [0.4, 0.5) is 0 Å². The highest BCUT2D eigenvalue weighted by Crippen LogP contribution is 2.34. The van der Waals surface area contributed by atoms with Crippen molar-refractivity contribution < 1.29 is 14.7 Å². The van der Waals surface area contributed by atoms with Gasteiger partial charge in [0, 0.05) is 13.1 Å². The van der Waals surface area contributed by atoms with Crippen LogP contribution in [-0.4, -0.2) is 46.6 Å². The Morgan fingerprint density at radius 1 is 1.35 bits per heavy atom. The molecule has 0 radical (unpaired) electrons. The van der Waals surface area contributed by atoms with E-state index in [4.69, 9.17) is 0 Å². The van der Waals surface area contributed by atoms with Crippen LogP contribution in [0.1, 0.15) is 53.4 Å². The Labute approximate surface area is 121 Å². The summed E-state index contributed by atoms with van der Waals surface area (Å²) in [5.74, 6) is -0.322. The first-order valence-electron chi connectivity index (χ1n) is 7.63. The second kappa shape index (κ2) is 7.07. The highest BCUT2D eigenvalue weighted by molar-refractivity contribution is 5.84. The number of hydrogen-bond acceptors (Lipinski definition) is 3. The van der Waals surface area contributed by atoms with E-state index in [1.165, 1.54) is 0 Å². The van der Waals surface area contributed by atoms with Crippen LogP contribution < -0.4 is 5.32 Å². The third-order valence-corrected chi connectivity index (χ3v) is 4.39. The fourth-order valence-electron chi connectivity index (χ4n) is 3.00. The SMILES string of the molecule is CCC1(C(=O)O)CCCN1C(C)C(=O)NCCC(C)C. The van der Waals surface area contributed by atoms with Crippen molar-refractivity contribution in [2.24, 2.45) is 5.92 Å². The van der Waals surface area contributed by atoms with E-state index < -0.39 is 11.5 Å². The quantitative estimate of drug-likeness (QED) is 0.749. The average Bonchev–Trinajstić information content (AvgIpc) is 2.82. The molecule has 0 aliphatic carbocycles. The Hall–Kier alpha value is -1.10. The summed E-state index contributed by atoms with van der Waals surface area (Å²) in [6.07, 6.45) is 2.94. The number of carboxylic acid groups (broad SMARTS) is 1. The molecule has 2 atom stereocenters. The van der Waals surface area contributed by atoms with Gasteiger partial charge in [-0.05, 0) is 38.5 Å². The second-order valence-corrected chi connectivity index (χ2v) is 6.14. The molecule has 5 heteroatoms. The lowest BCUT2D eigenvalue weighted by molar-refractivity contribution is -0.152. The Bertz CT molecular complexity index is 357. The topological polar surface area (TPSA) is 69.6 Å². The normalized spacial score (nSPS) is 24.9. The summed E-state index contributed by atoms with van der Waals surface area (Å²) in [6, 6.07) is -0.388. The molecule has 0 spiro atoms. The van der Waals surface area contributed by atoms with Crippen molar-refractivity contribution in [3.63, 3.8) is 0 Å². The Balaban J connectivity index is 2.67. The van der Waals surface area contributed by atoms with E-state index in [0.29, 0.717) is 31.8 Å². The van der Waals surface area contributed by atoms with Gasteiger partial charge in [0.05, 0.1) is 6.04 Å². The molecule has 1 saturated heterocycles. The van der Waals surface area contributed by atoms with Crippen molar-refractivity contribution in [2.75, 3.05) is 13.1 Å². The molecular weight excluding hydrogens is 256 g/mol. The predicted molar refractivity (Wildman–Crippen MR) is 78.5 cm³/mol. The molecular formula is C15H28N2O3. The fourth-order valence-corrected chi connectivity index (χ4v) is 3.00. The Morgan fingerprint density at radius 2 is 2.00 bits per heavy atom. The smallest absolute Gasteiger partial charge is 0.324 e. The van der Waals surface area contributed by atoms with Crippen LogP contribution in [0.15, 0.2) is 0 Å². The van der Waals surface area contributed by atoms with E-state index in [1.54, 1.807) is 0 Å². The molecule has 1 aliphatic rings. The van der Waals surface area contributed by atoms with E-state index in [1.807, 2.05) is 18.7 Å².